The molecule has 0 spiro atoms. The molecule has 124 valence electrons. The molecule has 1 aromatic heterocycles. The van der Waals surface area contributed by atoms with Crippen LogP contribution in [0.1, 0.15) is 53.4 Å². The Morgan fingerprint density at radius 3 is 2.55 bits per heavy atom. The van der Waals surface area contributed by atoms with Crippen molar-refractivity contribution in [2.24, 2.45) is 0 Å². The monoisotopic (exact) mass is 310 g/mol. The van der Waals surface area contributed by atoms with Gasteiger partial charge in [0.25, 0.3) is 5.95 Å². The fourth-order valence-corrected chi connectivity index (χ4v) is 2.32. The van der Waals surface area contributed by atoms with Crippen molar-refractivity contribution in [2.75, 3.05) is 24.5 Å². The number of carbonyl (C=O) groups excluding carboxylic acids is 1. The van der Waals surface area contributed by atoms with Gasteiger partial charge in [-0.15, -0.1) is 0 Å². The van der Waals surface area contributed by atoms with Gasteiger partial charge in [-0.25, -0.2) is 4.79 Å². The fourth-order valence-electron chi connectivity index (χ4n) is 2.32. The molecule has 1 saturated heterocycles. The average Bonchev–Trinajstić information content (AvgIpc) is 2.85. The molecule has 2 heterocycles. The molecule has 1 fully saturated rings. The molecule has 1 aliphatic rings. The summed E-state index contributed by atoms with van der Waals surface area (Å²) in [6.07, 6.45) is -0.268. The molecule has 0 aliphatic carbocycles. The maximum Gasteiger partial charge on any atom is 0.410 e. The van der Waals surface area contributed by atoms with Crippen molar-refractivity contribution < 1.29 is 14.1 Å². The minimum atomic E-state index is -0.478. The molecule has 1 amide bonds. The molecule has 1 aromatic rings. The van der Waals surface area contributed by atoms with Gasteiger partial charge >= 0.3 is 6.09 Å². The zero-order chi connectivity index (χ0) is 16.5. The number of aromatic nitrogens is 2. The number of anilines is 1. The highest BCUT2D eigenvalue weighted by Gasteiger charge is 2.32. The van der Waals surface area contributed by atoms with Crippen LogP contribution in [0, 0.1) is 0 Å². The first-order chi connectivity index (χ1) is 10.2. The topological polar surface area (TPSA) is 71.7 Å². The molecule has 0 saturated carbocycles. The quantitative estimate of drug-likeness (QED) is 0.836. The third-order valence-corrected chi connectivity index (χ3v) is 3.46. The van der Waals surface area contributed by atoms with Gasteiger partial charge in [-0.1, -0.05) is 13.8 Å². The van der Waals surface area contributed by atoms with Gasteiger partial charge in [0.05, 0.1) is 0 Å². The van der Waals surface area contributed by atoms with Crippen molar-refractivity contribution in [2.45, 2.75) is 59.1 Å². The van der Waals surface area contributed by atoms with Crippen LogP contribution in [-0.2, 0) is 4.74 Å². The number of piperazine rings is 1. The van der Waals surface area contributed by atoms with Gasteiger partial charge in [0.2, 0.25) is 5.89 Å². The van der Waals surface area contributed by atoms with E-state index < -0.39 is 5.60 Å². The third-order valence-electron chi connectivity index (χ3n) is 3.46. The zero-order valence-electron chi connectivity index (χ0n) is 14.3. The average molecular weight is 310 g/mol. The van der Waals surface area contributed by atoms with E-state index in [2.05, 4.69) is 10.1 Å². The number of nitrogens with zero attached hydrogens (tertiary/aromatic N) is 4. The van der Waals surface area contributed by atoms with Gasteiger partial charge in [0, 0.05) is 31.6 Å². The summed E-state index contributed by atoms with van der Waals surface area (Å²) in [6.45, 7) is 13.6. The molecular weight excluding hydrogens is 284 g/mol. The molecule has 22 heavy (non-hydrogen) atoms. The number of rotatable bonds is 2. The molecule has 0 aromatic carbocycles. The van der Waals surface area contributed by atoms with Crippen LogP contribution in [0.15, 0.2) is 4.52 Å². The Balaban J connectivity index is 1.98. The maximum absolute atomic E-state index is 12.2. The molecule has 0 radical (unpaired) electrons. The summed E-state index contributed by atoms with van der Waals surface area (Å²) in [5, 5.41) is 4.03. The van der Waals surface area contributed by atoms with E-state index in [1.54, 1.807) is 4.90 Å². The first-order valence-electron chi connectivity index (χ1n) is 7.75. The van der Waals surface area contributed by atoms with Crippen molar-refractivity contribution in [1.82, 2.24) is 15.0 Å². The van der Waals surface area contributed by atoms with E-state index in [1.807, 2.05) is 46.4 Å². The third kappa shape index (κ3) is 3.90. The van der Waals surface area contributed by atoms with Gasteiger partial charge in [0.15, 0.2) is 0 Å². The molecule has 0 bridgehead atoms. The lowest BCUT2D eigenvalue weighted by Gasteiger charge is -2.39. The lowest BCUT2D eigenvalue weighted by Crippen LogP contribution is -2.55. The first-order valence-corrected chi connectivity index (χ1v) is 7.75. The van der Waals surface area contributed by atoms with Gasteiger partial charge in [-0.3, -0.25) is 0 Å². The number of hydrogen-bond donors (Lipinski definition) is 0. The van der Waals surface area contributed by atoms with Crippen molar-refractivity contribution in [3.63, 3.8) is 0 Å². The molecule has 1 unspecified atom stereocenters. The zero-order valence-corrected chi connectivity index (χ0v) is 14.3. The standard InChI is InChI=1S/C15H26N4O3/c1-10(2)12-16-13(17-22-12)18-7-8-19(11(3)9-18)14(20)21-15(4,5)6/h10-11H,7-9H2,1-6H3. The Bertz CT molecular complexity index is 521. The Hall–Kier alpha value is -1.79. The summed E-state index contributed by atoms with van der Waals surface area (Å²) in [6, 6.07) is 0.0320. The van der Waals surface area contributed by atoms with Gasteiger partial charge in [-0.05, 0) is 32.9 Å². The van der Waals surface area contributed by atoms with E-state index in [0.29, 0.717) is 31.5 Å². The smallest absolute Gasteiger partial charge is 0.410 e. The van der Waals surface area contributed by atoms with E-state index in [4.69, 9.17) is 9.26 Å². The molecule has 0 N–H and O–H groups in total. The predicted octanol–water partition coefficient (Wildman–Crippen LogP) is 2.64. The molecule has 1 aliphatic heterocycles. The number of ether oxygens (including phenoxy) is 1. The Kier molecular flexibility index (Phi) is 4.63. The van der Waals surface area contributed by atoms with Crippen LogP contribution in [0.3, 0.4) is 0 Å². The second-order valence-electron chi connectivity index (χ2n) is 7.06. The van der Waals surface area contributed by atoms with Gasteiger partial charge in [0.1, 0.15) is 5.60 Å². The predicted molar refractivity (Wildman–Crippen MR) is 83.0 cm³/mol. The van der Waals surface area contributed by atoms with Gasteiger partial charge in [-0.2, -0.15) is 4.98 Å². The molecule has 7 heteroatoms. The molecule has 1 atom stereocenters. The Labute approximate surface area is 131 Å². The van der Waals surface area contributed by atoms with E-state index in [0.717, 1.165) is 0 Å². The first kappa shape index (κ1) is 16.6. The van der Waals surface area contributed by atoms with Gasteiger partial charge < -0.3 is 19.1 Å². The minimum Gasteiger partial charge on any atom is -0.444 e. The van der Waals surface area contributed by atoms with Crippen molar-refractivity contribution >= 4 is 12.0 Å². The highest BCUT2D eigenvalue weighted by atomic mass is 16.6. The fraction of sp³-hybridized carbons (Fsp3) is 0.800. The molecular formula is C15H26N4O3. The van der Waals surface area contributed by atoms with Crippen molar-refractivity contribution in [3.05, 3.63) is 5.89 Å². The van der Waals surface area contributed by atoms with Crippen LogP contribution >= 0.6 is 0 Å². The van der Waals surface area contributed by atoms with Crippen LogP contribution in [0.5, 0.6) is 0 Å². The Morgan fingerprint density at radius 1 is 1.36 bits per heavy atom. The van der Waals surface area contributed by atoms with Crippen LogP contribution in [0.2, 0.25) is 0 Å². The SMILES string of the molecule is CC(C)c1nc(N2CCN(C(=O)OC(C)(C)C)C(C)C2)no1. The van der Waals surface area contributed by atoms with Crippen LogP contribution < -0.4 is 4.90 Å². The van der Waals surface area contributed by atoms with E-state index >= 15 is 0 Å². The highest BCUT2D eigenvalue weighted by Crippen LogP contribution is 2.21. The summed E-state index contributed by atoms with van der Waals surface area (Å²) < 4.78 is 10.7. The van der Waals surface area contributed by atoms with Crippen LogP contribution in [0.4, 0.5) is 10.7 Å². The summed E-state index contributed by atoms with van der Waals surface area (Å²) in [5.41, 5.74) is -0.478. The highest BCUT2D eigenvalue weighted by molar-refractivity contribution is 5.69. The molecule has 2 rings (SSSR count). The number of hydrogen-bond acceptors (Lipinski definition) is 6. The lowest BCUT2D eigenvalue weighted by molar-refractivity contribution is 0.0158. The largest absolute Gasteiger partial charge is 0.444 e. The van der Waals surface area contributed by atoms with Crippen LogP contribution in [0.25, 0.3) is 0 Å². The summed E-state index contributed by atoms with van der Waals surface area (Å²) in [4.78, 5) is 20.4. The normalized spacial score (nSPS) is 19.7. The van der Waals surface area contributed by atoms with Crippen LogP contribution in [-0.4, -0.2) is 52.4 Å². The number of amides is 1. The summed E-state index contributed by atoms with van der Waals surface area (Å²) in [5.74, 6) is 1.44. The second-order valence-corrected chi connectivity index (χ2v) is 7.06. The Morgan fingerprint density at radius 2 is 2.05 bits per heavy atom. The second kappa shape index (κ2) is 6.14. The lowest BCUT2D eigenvalue weighted by atomic mass is 10.2. The van der Waals surface area contributed by atoms with Crippen molar-refractivity contribution in [1.29, 1.82) is 0 Å². The summed E-state index contributed by atoms with van der Waals surface area (Å²) >= 11 is 0. The molecule has 7 nitrogen and oxygen atoms in total. The number of carbonyl (C=O) groups is 1. The van der Waals surface area contributed by atoms with Crippen molar-refractivity contribution in [3.8, 4) is 0 Å². The maximum atomic E-state index is 12.2. The van der Waals surface area contributed by atoms with E-state index in [9.17, 15) is 4.79 Å². The van der Waals surface area contributed by atoms with E-state index in [1.165, 1.54) is 0 Å². The van der Waals surface area contributed by atoms with E-state index in [-0.39, 0.29) is 18.1 Å². The summed E-state index contributed by atoms with van der Waals surface area (Å²) in [7, 11) is 0. The minimum absolute atomic E-state index is 0.0320.